The van der Waals surface area contributed by atoms with Gasteiger partial charge in [0.25, 0.3) is 5.69 Å². The zero-order valence-corrected chi connectivity index (χ0v) is 26.1. The van der Waals surface area contributed by atoms with Gasteiger partial charge in [-0.1, -0.05) is 58.4 Å². The summed E-state index contributed by atoms with van der Waals surface area (Å²) in [6, 6.07) is 18.6. The molecule has 0 spiro atoms. The number of hydrogen-bond donors (Lipinski definition) is 1. The van der Waals surface area contributed by atoms with Gasteiger partial charge in [0.2, 0.25) is 21.8 Å². The summed E-state index contributed by atoms with van der Waals surface area (Å²) in [7, 11) is -2.86. The molecule has 1 N–H and O–H groups in total. The topological polar surface area (TPSA) is 139 Å². The number of ether oxygens (including phenoxy) is 1. The van der Waals surface area contributed by atoms with Gasteiger partial charge in [0, 0.05) is 35.6 Å². The fourth-order valence-electron chi connectivity index (χ4n) is 4.30. The number of carbonyl (C=O) groups excluding carboxylic acids is 2. The van der Waals surface area contributed by atoms with Gasteiger partial charge in [-0.15, -0.1) is 0 Å². The molecule has 0 heterocycles. The molecular weight excluding hydrogens is 628 g/mol. The van der Waals surface area contributed by atoms with E-state index in [0.717, 1.165) is 26.7 Å². The largest absolute Gasteiger partial charge is 0.495 e. The predicted molar refractivity (Wildman–Crippen MR) is 164 cm³/mol. The molecule has 0 bridgehead atoms. The molecule has 3 rings (SSSR count). The Hall–Kier alpha value is -3.97. The molecule has 1 unspecified atom stereocenters. The first-order chi connectivity index (χ1) is 19.8. The fraction of sp³-hybridized carbons (Fsp3) is 0.310. The van der Waals surface area contributed by atoms with E-state index in [1.165, 1.54) is 24.1 Å². The van der Waals surface area contributed by atoms with Crippen LogP contribution < -0.4 is 14.4 Å². The molecule has 3 aromatic carbocycles. The molecule has 0 fully saturated rings. The van der Waals surface area contributed by atoms with Gasteiger partial charge in [-0.25, -0.2) is 8.42 Å². The first-order valence-electron chi connectivity index (χ1n) is 13.0. The summed E-state index contributed by atoms with van der Waals surface area (Å²) in [5.41, 5.74) is 0.963. The van der Waals surface area contributed by atoms with E-state index in [4.69, 9.17) is 4.74 Å². The number of methoxy groups -OCH3 is 1. The average Bonchev–Trinajstić information content (AvgIpc) is 2.93. The molecular formula is C29H33BrN4O7S. The van der Waals surface area contributed by atoms with Crippen LogP contribution in [-0.4, -0.2) is 62.0 Å². The molecule has 11 nitrogen and oxygen atoms in total. The molecule has 0 aliphatic heterocycles. The lowest BCUT2D eigenvalue weighted by atomic mass is 10.0. The lowest BCUT2D eigenvalue weighted by molar-refractivity contribution is -0.384. The maximum absolute atomic E-state index is 14.1. The van der Waals surface area contributed by atoms with Crippen molar-refractivity contribution >= 4 is 49.1 Å². The Morgan fingerprint density at radius 2 is 1.67 bits per heavy atom. The lowest BCUT2D eigenvalue weighted by Gasteiger charge is -2.34. The minimum atomic E-state index is -4.15. The van der Waals surface area contributed by atoms with Crippen LogP contribution in [0.4, 0.5) is 11.4 Å². The second-order valence-electron chi connectivity index (χ2n) is 9.90. The maximum atomic E-state index is 14.1. The van der Waals surface area contributed by atoms with Gasteiger partial charge in [0.15, 0.2) is 0 Å². The number of nitro benzene ring substituents is 1. The Bertz CT molecular complexity index is 1520. The summed E-state index contributed by atoms with van der Waals surface area (Å²) in [5, 5.41) is 14.4. The highest BCUT2D eigenvalue weighted by molar-refractivity contribution is 9.10. The summed E-state index contributed by atoms with van der Waals surface area (Å²) in [6.07, 6.45) is 1.06. The van der Waals surface area contributed by atoms with Crippen molar-refractivity contribution in [1.82, 2.24) is 10.2 Å². The zero-order chi connectivity index (χ0) is 31.0. The third-order valence-corrected chi connectivity index (χ3v) is 7.94. The quantitative estimate of drug-likeness (QED) is 0.213. The molecule has 3 aromatic rings. The number of nitro groups is 1. The first-order valence-corrected chi connectivity index (χ1v) is 15.6. The molecule has 0 saturated heterocycles. The smallest absolute Gasteiger partial charge is 0.271 e. The zero-order valence-electron chi connectivity index (χ0n) is 23.7. The monoisotopic (exact) mass is 660 g/mol. The predicted octanol–water partition coefficient (Wildman–Crippen LogP) is 4.30. The van der Waals surface area contributed by atoms with E-state index in [1.54, 1.807) is 38.1 Å². The van der Waals surface area contributed by atoms with Gasteiger partial charge in [0.1, 0.15) is 24.0 Å². The van der Waals surface area contributed by atoms with E-state index in [9.17, 15) is 28.1 Å². The summed E-state index contributed by atoms with van der Waals surface area (Å²) in [6.45, 7) is 2.88. The van der Waals surface area contributed by atoms with Crippen molar-refractivity contribution in [1.29, 1.82) is 0 Å². The van der Waals surface area contributed by atoms with Crippen LogP contribution in [0.1, 0.15) is 25.0 Å². The molecule has 13 heteroatoms. The number of non-ortho nitro benzene ring substituents is 1. The summed E-state index contributed by atoms with van der Waals surface area (Å²) < 4.78 is 32.9. The van der Waals surface area contributed by atoms with Crippen LogP contribution in [0.15, 0.2) is 77.3 Å². The second kappa shape index (κ2) is 14.3. The number of halogens is 1. The Balaban J connectivity index is 2.12. The van der Waals surface area contributed by atoms with E-state index >= 15 is 0 Å². The van der Waals surface area contributed by atoms with Crippen LogP contribution in [0.5, 0.6) is 5.75 Å². The highest BCUT2D eigenvalue weighted by Gasteiger charge is 2.34. The summed E-state index contributed by atoms with van der Waals surface area (Å²) in [5.74, 6) is -1.06. The molecule has 0 aliphatic carbocycles. The van der Waals surface area contributed by atoms with Crippen LogP contribution in [0.3, 0.4) is 0 Å². The fourth-order valence-corrected chi connectivity index (χ4v) is 5.41. The third-order valence-electron chi connectivity index (χ3n) is 6.29. The van der Waals surface area contributed by atoms with Crippen molar-refractivity contribution in [3.63, 3.8) is 0 Å². The Morgan fingerprint density at radius 1 is 1.02 bits per heavy atom. The number of hydrogen-bond acceptors (Lipinski definition) is 7. The number of rotatable bonds is 13. The van der Waals surface area contributed by atoms with E-state index in [0.29, 0.717) is 5.56 Å². The number of carbonyl (C=O) groups is 2. The number of nitrogens with zero attached hydrogens (tertiary/aromatic N) is 3. The highest BCUT2D eigenvalue weighted by Crippen LogP contribution is 2.34. The van der Waals surface area contributed by atoms with Crippen molar-refractivity contribution in [2.75, 3.05) is 24.2 Å². The van der Waals surface area contributed by atoms with Gasteiger partial charge in [0.05, 0.1) is 18.3 Å². The van der Waals surface area contributed by atoms with Gasteiger partial charge < -0.3 is 15.0 Å². The highest BCUT2D eigenvalue weighted by atomic mass is 79.9. The molecule has 224 valence electrons. The van der Waals surface area contributed by atoms with Crippen molar-refractivity contribution in [3.8, 4) is 5.75 Å². The van der Waals surface area contributed by atoms with E-state index < -0.39 is 39.3 Å². The molecule has 0 aromatic heterocycles. The molecule has 1 atom stereocenters. The first kappa shape index (κ1) is 32.5. The molecule has 42 heavy (non-hydrogen) atoms. The SMILES string of the molecule is COc1ccc([N+](=O)[O-])cc1N(CC(=O)N(Cc1ccc(Br)cc1)C(Cc1ccccc1)C(=O)NC(C)C)S(C)(=O)=O. The van der Waals surface area contributed by atoms with Crippen molar-refractivity contribution in [2.45, 2.75) is 38.9 Å². The van der Waals surface area contributed by atoms with E-state index in [2.05, 4.69) is 21.2 Å². The Kier molecular flexibility index (Phi) is 11.1. The number of sulfonamides is 1. The third kappa shape index (κ3) is 8.76. The lowest BCUT2D eigenvalue weighted by Crippen LogP contribution is -2.54. The van der Waals surface area contributed by atoms with E-state index in [1.807, 2.05) is 30.3 Å². The normalized spacial score (nSPS) is 12.0. The van der Waals surface area contributed by atoms with Gasteiger partial charge in [-0.2, -0.15) is 0 Å². The average molecular weight is 662 g/mol. The number of anilines is 1. The van der Waals surface area contributed by atoms with Crippen molar-refractivity contribution < 1.29 is 27.7 Å². The minimum absolute atomic E-state index is 0.00119. The van der Waals surface area contributed by atoms with Crippen LogP contribution >= 0.6 is 15.9 Å². The van der Waals surface area contributed by atoms with Crippen LogP contribution in [-0.2, 0) is 32.6 Å². The van der Waals surface area contributed by atoms with Gasteiger partial charge >= 0.3 is 0 Å². The summed E-state index contributed by atoms with van der Waals surface area (Å²) in [4.78, 5) is 39.9. The number of nitrogens with one attached hydrogen (secondary N) is 1. The van der Waals surface area contributed by atoms with Crippen LogP contribution in [0.25, 0.3) is 0 Å². The standard InChI is InChI=1S/C29H33BrN4O7S/c1-20(2)31-29(36)26(16-21-8-6-5-7-9-21)32(18-22-10-12-23(30)13-11-22)28(35)19-33(42(4,39)40)25-17-24(34(37)38)14-15-27(25)41-3/h5-15,17,20,26H,16,18-19H2,1-4H3,(H,31,36). The molecule has 0 saturated carbocycles. The Morgan fingerprint density at radius 3 is 2.21 bits per heavy atom. The van der Waals surface area contributed by atoms with Crippen molar-refractivity contribution in [3.05, 3.63) is 98.5 Å². The van der Waals surface area contributed by atoms with Gasteiger partial charge in [-0.05, 0) is 43.2 Å². The van der Waals surface area contributed by atoms with E-state index in [-0.39, 0.29) is 36.1 Å². The molecule has 2 amide bonds. The number of benzene rings is 3. The molecule has 0 radical (unpaired) electrons. The van der Waals surface area contributed by atoms with Crippen LogP contribution in [0.2, 0.25) is 0 Å². The Labute approximate surface area is 253 Å². The minimum Gasteiger partial charge on any atom is -0.495 e. The van der Waals surface area contributed by atoms with Crippen molar-refractivity contribution in [2.24, 2.45) is 0 Å². The summed E-state index contributed by atoms with van der Waals surface area (Å²) >= 11 is 3.40. The second-order valence-corrected chi connectivity index (χ2v) is 12.7. The van der Waals surface area contributed by atoms with Crippen LogP contribution in [0, 0.1) is 10.1 Å². The number of amides is 2. The molecule has 0 aliphatic rings. The maximum Gasteiger partial charge on any atom is 0.271 e. The van der Waals surface area contributed by atoms with Gasteiger partial charge in [-0.3, -0.25) is 24.0 Å².